The van der Waals surface area contributed by atoms with Gasteiger partial charge in [-0.05, 0) is 31.6 Å². The number of hydrogen-bond donors (Lipinski definition) is 0. The van der Waals surface area contributed by atoms with Gasteiger partial charge in [0.05, 0.1) is 28.6 Å². The Kier molecular flexibility index (Phi) is 4.93. The van der Waals surface area contributed by atoms with Crippen molar-refractivity contribution in [3.05, 3.63) is 35.9 Å². The average molecular weight is 337 g/mol. The summed E-state index contributed by atoms with van der Waals surface area (Å²) in [7, 11) is 0. The van der Waals surface area contributed by atoms with E-state index >= 15 is 0 Å². The van der Waals surface area contributed by atoms with E-state index in [-0.39, 0.29) is 17.8 Å². The summed E-state index contributed by atoms with van der Waals surface area (Å²) in [6.45, 7) is 5.03. The summed E-state index contributed by atoms with van der Waals surface area (Å²) < 4.78 is 13.8. The van der Waals surface area contributed by atoms with Crippen LogP contribution in [0.4, 0.5) is 0 Å². The quantitative estimate of drug-likeness (QED) is 0.738. The van der Waals surface area contributed by atoms with Gasteiger partial charge in [0.2, 0.25) is 0 Å². The highest BCUT2D eigenvalue weighted by molar-refractivity contribution is 8.22. The van der Waals surface area contributed by atoms with E-state index in [1.165, 1.54) is 5.56 Å². The largest absolute Gasteiger partial charge is 0.370 e. The standard InChI is InChI=1S/C18H24O2S2/c1-4-18-10-14(17(21)22-3)15(12(2)20-18)16(18)19-11-13-8-6-5-7-9-13/h5-9,12,14-16H,4,10-11H2,1-3H3/t12-,14-,15+,16-,18-/m0/s1. The zero-order chi connectivity index (χ0) is 15.7. The van der Waals surface area contributed by atoms with E-state index in [2.05, 4.69) is 44.4 Å². The third kappa shape index (κ3) is 2.75. The van der Waals surface area contributed by atoms with Gasteiger partial charge in [-0.2, -0.15) is 0 Å². The molecule has 2 nitrogen and oxygen atoms in total. The van der Waals surface area contributed by atoms with Crippen LogP contribution in [0.1, 0.15) is 32.3 Å². The first-order valence-corrected chi connectivity index (χ1v) is 9.66. The summed E-state index contributed by atoms with van der Waals surface area (Å²) in [6, 6.07) is 10.4. The van der Waals surface area contributed by atoms with E-state index in [9.17, 15) is 0 Å². The van der Waals surface area contributed by atoms with Gasteiger partial charge in [-0.25, -0.2) is 0 Å². The van der Waals surface area contributed by atoms with Crippen molar-refractivity contribution in [2.45, 2.75) is 51.1 Å². The number of hydrogen-bond acceptors (Lipinski definition) is 4. The van der Waals surface area contributed by atoms with Crippen LogP contribution in [-0.2, 0) is 16.1 Å². The van der Waals surface area contributed by atoms with Crippen LogP contribution < -0.4 is 0 Å². The lowest BCUT2D eigenvalue weighted by Gasteiger charge is -2.33. The Hall–Kier alpha value is -0.420. The number of rotatable bonds is 5. The average Bonchev–Trinajstić information content (AvgIpc) is 3.02. The van der Waals surface area contributed by atoms with E-state index in [0.717, 1.165) is 17.0 Å². The Morgan fingerprint density at radius 3 is 2.77 bits per heavy atom. The van der Waals surface area contributed by atoms with Crippen LogP contribution in [0, 0.1) is 11.8 Å². The molecule has 1 aromatic rings. The number of fused-ring (bicyclic) bond motifs is 2. The van der Waals surface area contributed by atoms with Crippen molar-refractivity contribution in [1.29, 1.82) is 0 Å². The van der Waals surface area contributed by atoms with Gasteiger partial charge in [0.25, 0.3) is 0 Å². The minimum atomic E-state index is -0.149. The highest BCUT2D eigenvalue weighted by atomic mass is 32.2. The van der Waals surface area contributed by atoms with Crippen LogP contribution >= 0.6 is 24.0 Å². The lowest BCUT2D eigenvalue weighted by molar-refractivity contribution is -0.108. The van der Waals surface area contributed by atoms with Gasteiger partial charge < -0.3 is 9.47 Å². The van der Waals surface area contributed by atoms with Crippen molar-refractivity contribution < 1.29 is 9.47 Å². The molecule has 1 aliphatic heterocycles. The fraction of sp³-hybridized carbons (Fsp3) is 0.611. The van der Waals surface area contributed by atoms with E-state index in [4.69, 9.17) is 21.7 Å². The number of thioether (sulfide) groups is 1. The molecule has 1 saturated carbocycles. The topological polar surface area (TPSA) is 18.5 Å². The fourth-order valence-corrected chi connectivity index (χ4v) is 4.95. The lowest BCUT2D eigenvalue weighted by Crippen LogP contribution is -2.38. The minimum absolute atomic E-state index is 0.149. The summed E-state index contributed by atoms with van der Waals surface area (Å²) in [5.41, 5.74) is 1.07. The maximum atomic E-state index is 6.37. The molecule has 0 radical (unpaired) electrons. The molecule has 1 heterocycles. The van der Waals surface area contributed by atoms with Crippen molar-refractivity contribution in [2.24, 2.45) is 11.8 Å². The zero-order valence-corrected chi connectivity index (χ0v) is 15.1. The first-order valence-electron chi connectivity index (χ1n) is 8.02. The molecule has 1 saturated heterocycles. The van der Waals surface area contributed by atoms with Gasteiger partial charge in [-0.15, -0.1) is 11.8 Å². The molecule has 22 heavy (non-hydrogen) atoms. The molecule has 2 fully saturated rings. The van der Waals surface area contributed by atoms with Crippen LogP contribution in [0.5, 0.6) is 0 Å². The van der Waals surface area contributed by atoms with Crippen molar-refractivity contribution in [2.75, 3.05) is 6.26 Å². The van der Waals surface area contributed by atoms with Crippen LogP contribution in [-0.4, -0.2) is 28.3 Å². The molecule has 0 spiro atoms. The molecule has 3 rings (SSSR count). The zero-order valence-electron chi connectivity index (χ0n) is 13.5. The highest BCUT2D eigenvalue weighted by Gasteiger charge is 2.63. The first-order chi connectivity index (χ1) is 10.6. The number of thiocarbonyl (C=S) groups is 1. The molecule has 120 valence electrons. The monoisotopic (exact) mass is 336 g/mol. The summed E-state index contributed by atoms with van der Waals surface area (Å²) in [6.07, 6.45) is 4.46. The van der Waals surface area contributed by atoms with Crippen LogP contribution in [0.2, 0.25) is 0 Å². The third-order valence-corrected chi connectivity index (χ3v) is 6.74. The predicted octanol–water partition coefficient (Wildman–Crippen LogP) is 4.47. The first kappa shape index (κ1) is 16.4. The SMILES string of the molecule is CC[C@@]12C[C@H](C(=S)SC)[C@@H]([C@H](C)O1)[C@@H]2OCc1ccccc1. The second-order valence-corrected chi connectivity index (χ2v) is 7.92. The van der Waals surface area contributed by atoms with Crippen molar-refractivity contribution in [3.8, 4) is 0 Å². The van der Waals surface area contributed by atoms with Gasteiger partial charge in [0.15, 0.2) is 0 Å². The molecular formula is C18H24O2S2. The summed E-state index contributed by atoms with van der Waals surface area (Å²) in [4.78, 5) is 0. The second kappa shape index (κ2) is 6.60. The molecule has 0 N–H and O–H groups in total. The smallest absolute Gasteiger partial charge is 0.0954 e. The highest BCUT2D eigenvalue weighted by Crippen LogP contribution is 2.55. The molecular weight excluding hydrogens is 312 g/mol. The fourth-order valence-electron chi connectivity index (χ4n) is 4.17. The summed E-state index contributed by atoms with van der Waals surface area (Å²) in [5, 5.41) is 0. The molecule has 2 bridgehead atoms. The van der Waals surface area contributed by atoms with Crippen LogP contribution in [0.15, 0.2) is 30.3 Å². The van der Waals surface area contributed by atoms with Gasteiger partial charge in [-0.3, -0.25) is 0 Å². The molecule has 1 aromatic carbocycles. The molecule has 0 unspecified atom stereocenters. The van der Waals surface area contributed by atoms with E-state index in [1.807, 2.05) is 6.07 Å². The lowest BCUT2D eigenvalue weighted by atomic mass is 9.91. The van der Waals surface area contributed by atoms with Crippen molar-refractivity contribution >= 4 is 28.2 Å². The van der Waals surface area contributed by atoms with Crippen LogP contribution in [0.3, 0.4) is 0 Å². The van der Waals surface area contributed by atoms with E-state index in [1.54, 1.807) is 11.8 Å². The van der Waals surface area contributed by atoms with Gasteiger partial charge in [0, 0.05) is 11.8 Å². The Balaban J connectivity index is 1.78. The van der Waals surface area contributed by atoms with E-state index < -0.39 is 0 Å². The summed E-state index contributed by atoms with van der Waals surface area (Å²) in [5.74, 6) is 0.832. The van der Waals surface area contributed by atoms with Gasteiger partial charge >= 0.3 is 0 Å². The van der Waals surface area contributed by atoms with Crippen molar-refractivity contribution in [1.82, 2.24) is 0 Å². The molecule has 1 aliphatic carbocycles. The normalized spacial score (nSPS) is 36.7. The molecule has 5 atom stereocenters. The Labute approximate surface area is 143 Å². The minimum Gasteiger partial charge on any atom is -0.370 e. The molecule has 2 aliphatic rings. The maximum Gasteiger partial charge on any atom is 0.0954 e. The maximum absolute atomic E-state index is 6.37. The Bertz CT molecular complexity index is 533. The Morgan fingerprint density at radius 2 is 2.14 bits per heavy atom. The second-order valence-electron chi connectivity index (χ2n) is 6.37. The molecule has 4 heteroatoms. The summed E-state index contributed by atoms with van der Waals surface area (Å²) >= 11 is 7.32. The van der Waals surface area contributed by atoms with Crippen LogP contribution in [0.25, 0.3) is 0 Å². The Morgan fingerprint density at radius 1 is 1.41 bits per heavy atom. The van der Waals surface area contributed by atoms with E-state index in [0.29, 0.717) is 18.4 Å². The number of benzene rings is 1. The number of ether oxygens (including phenoxy) is 2. The predicted molar refractivity (Wildman–Crippen MR) is 96.3 cm³/mol. The van der Waals surface area contributed by atoms with Gasteiger partial charge in [-0.1, -0.05) is 49.5 Å². The molecule has 0 amide bonds. The van der Waals surface area contributed by atoms with Crippen molar-refractivity contribution in [3.63, 3.8) is 0 Å². The van der Waals surface area contributed by atoms with Gasteiger partial charge in [0.1, 0.15) is 0 Å². The molecule has 0 aromatic heterocycles. The third-order valence-electron chi connectivity index (χ3n) is 5.24.